The van der Waals surface area contributed by atoms with Crippen molar-refractivity contribution in [3.63, 3.8) is 0 Å². The second-order valence-corrected chi connectivity index (χ2v) is 3.91. The summed E-state index contributed by atoms with van der Waals surface area (Å²) in [5, 5.41) is 17.9. The Hall–Kier alpha value is -2.02. The second kappa shape index (κ2) is 5.90. The van der Waals surface area contributed by atoms with E-state index in [9.17, 15) is 4.79 Å². The quantitative estimate of drug-likeness (QED) is 0.845. The molecule has 0 saturated carbocycles. The van der Waals surface area contributed by atoms with Gasteiger partial charge in [-0.15, -0.1) is 0 Å². The smallest absolute Gasteiger partial charge is 0.323 e. The van der Waals surface area contributed by atoms with Crippen LogP contribution in [0.3, 0.4) is 0 Å². The first kappa shape index (κ1) is 13.0. The first-order valence-corrected chi connectivity index (χ1v) is 5.53. The molecule has 0 radical (unpaired) electrons. The molecule has 1 atom stereocenters. The molecule has 0 aliphatic heterocycles. The van der Waals surface area contributed by atoms with Crippen LogP contribution in [0.5, 0.6) is 0 Å². The minimum atomic E-state index is -0.931. The Bertz CT molecular complexity index is 420. The van der Waals surface area contributed by atoms with Gasteiger partial charge in [0.15, 0.2) is 0 Å². The van der Waals surface area contributed by atoms with Crippen LogP contribution in [-0.4, -0.2) is 23.7 Å². The van der Waals surface area contributed by atoms with Crippen LogP contribution in [0.1, 0.15) is 18.9 Å². The van der Waals surface area contributed by atoms with Gasteiger partial charge in [-0.05, 0) is 25.5 Å². The number of aryl methyl sites for hydroxylation is 1. The molecule has 0 amide bonds. The van der Waals surface area contributed by atoms with Crippen molar-refractivity contribution < 1.29 is 9.90 Å². The Morgan fingerprint density at radius 2 is 2.06 bits per heavy atom. The van der Waals surface area contributed by atoms with E-state index < -0.39 is 12.0 Å². The number of hydrogen-bond acceptors (Lipinski definition) is 3. The molecule has 17 heavy (non-hydrogen) atoms. The van der Waals surface area contributed by atoms with Crippen LogP contribution in [0.2, 0.25) is 0 Å². The molecule has 1 rings (SSSR count). The maximum absolute atomic E-state index is 10.8. The largest absolute Gasteiger partial charge is 0.480 e. The Kier molecular flexibility index (Phi) is 4.53. The van der Waals surface area contributed by atoms with Gasteiger partial charge in [0.25, 0.3) is 0 Å². The Morgan fingerprint density at radius 3 is 2.47 bits per heavy atom. The van der Waals surface area contributed by atoms with Crippen LogP contribution in [-0.2, 0) is 4.79 Å². The predicted molar refractivity (Wildman–Crippen MR) is 65.9 cm³/mol. The SMILES string of the molecule is CCC(C#N)N(CC(=O)O)c1ccc(C)cc1. The molecule has 90 valence electrons. The van der Waals surface area contributed by atoms with Crippen LogP contribution >= 0.6 is 0 Å². The normalized spacial score (nSPS) is 11.6. The maximum Gasteiger partial charge on any atom is 0.323 e. The summed E-state index contributed by atoms with van der Waals surface area (Å²) >= 11 is 0. The summed E-state index contributed by atoms with van der Waals surface area (Å²) in [6.07, 6.45) is 0.595. The van der Waals surface area contributed by atoms with Gasteiger partial charge in [-0.25, -0.2) is 0 Å². The van der Waals surface area contributed by atoms with Crippen LogP contribution in [0, 0.1) is 18.3 Å². The standard InChI is InChI=1S/C13H16N2O2/c1-3-11(8-14)15(9-13(16)17)12-6-4-10(2)5-7-12/h4-7,11H,3,9H2,1-2H3,(H,16,17). The van der Waals surface area contributed by atoms with Crippen molar-refractivity contribution in [3.05, 3.63) is 29.8 Å². The van der Waals surface area contributed by atoms with E-state index in [1.54, 1.807) is 4.90 Å². The summed E-state index contributed by atoms with van der Waals surface area (Å²) in [5.41, 5.74) is 1.88. The predicted octanol–water partition coefficient (Wildman–Crippen LogP) is 2.19. The number of carboxylic acids is 1. The topological polar surface area (TPSA) is 64.3 Å². The summed E-state index contributed by atoms with van der Waals surface area (Å²) in [7, 11) is 0. The third kappa shape index (κ3) is 3.49. The van der Waals surface area contributed by atoms with Gasteiger partial charge in [-0.3, -0.25) is 4.79 Å². The van der Waals surface area contributed by atoms with Crippen molar-refractivity contribution in [2.45, 2.75) is 26.3 Å². The zero-order chi connectivity index (χ0) is 12.8. The fourth-order valence-corrected chi connectivity index (χ4v) is 1.64. The molecule has 1 N–H and O–H groups in total. The number of carboxylic acid groups (broad SMARTS) is 1. The van der Waals surface area contributed by atoms with Crippen molar-refractivity contribution >= 4 is 11.7 Å². The van der Waals surface area contributed by atoms with E-state index >= 15 is 0 Å². The molecule has 0 saturated heterocycles. The Morgan fingerprint density at radius 1 is 1.47 bits per heavy atom. The van der Waals surface area contributed by atoms with Crippen molar-refractivity contribution in [2.24, 2.45) is 0 Å². The fourth-order valence-electron chi connectivity index (χ4n) is 1.64. The molecule has 0 aliphatic carbocycles. The first-order chi connectivity index (χ1) is 8.08. The van der Waals surface area contributed by atoms with Crippen molar-refractivity contribution in [3.8, 4) is 6.07 Å². The number of nitriles is 1. The highest BCUT2D eigenvalue weighted by molar-refractivity contribution is 5.74. The van der Waals surface area contributed by atoms with Gasteiger partial charge in [0.1, 0.15) is 12.6 Å². The lowest BCUT2D eigenvalue weighted by Gasteiger charge is -2.27. The summed E-state index contributed by atoms with van der Waals surface area (Å²) in [5.74, 6) is -0.931. The summed E-state index contributed by atoms with van der Waals surface area (Å²) in [6.45, 7) is 3.68. The van der Waals surface area contributed by atoms with Gasteiger partial charge in [-0.1, -0.05) is 24.6 Å². The van der Waals surface area contributed by atoms with Gasteiger partial charge in [0, 0.05) is 5.69 Å². The van der Waals surface area contributed by atoms with Crippen LogP contribution in [0.25, 0.3) is 0 Å². The number of nitrogens with zero attached hydrogens (tertiary/aromatic N) is 2. The van der Waals surface area contributed by atoms with Crippen molar-refractivity contribution in [1.29, 1.82) is 5.26 Å². The third-order valence-corrected chi connectivity index (χ3v) is 2.58. The molecule has 0 fully saturated rings. The summed E-state index contributed by atoms with van der Waals surface area (Å²) in [6, 6.07) is 9.24. The number of carbonyl (C=O) groups is 1. The van der Waals surface area contributed by atoms with Gasteiger partial charge in [0.2, 0.25) is 0 Å². The number of benzene rings is 1. The molecule has 1 unspecified atom stereocenters. The first-order valence-electron chi connectivity index (χ1n) is 5.53. The monoisotopic (exact) mass is 232 g/mol. The molecule has 0 aromatic heterocycles. The lowest BCUT2D eigenvalue weighted by molar-refractivity contribution is -0.135. The zero-order valence-electron chi connectivity index (χ0n) is 10.1. The maximum atomic E-state index is 10.8. The van der Waals surface area contributed by atoms with Crippen molar-refractivity contribution in [1.82, 2.24) is 0 Å². The fraction of sp³-hybridized carbons (Fsp3) is 0.385. The van der Waals surface area contributed by atoms with E-state index in [1.807, 2.05) is 38.1 Å². The van der Waals surface area contributed by atoms with E-state index in [2.05, 4.69) is 6.07 Å². The van der Waals surface area contributed by atoms with Gasteiger partial charge < -0.3 is 10.0 Å². The number of hydrogen-bond donors (Lipinski definition) is 1. The second-order valence-electron chi connectivity index (χ2n) is 3.91. The molecular formula is C13H16N2O2. The van der Waals surface area contributed by atoms with E-state index in [0.717, 1.165) is 11.3 Å². The minimum Gasteiger partial charge on any atom is -0.480 e. The zero-order valence-corrected chi connectivity index (χ0v) is 10.1. The molecule has 4 nitrogen and oxygen atoms in total. The van der Waals surface area contributed by atoms with Crippen molar-refractivity contribution in [2.75, 3.05) is 11.4 Å². The Balaban J connectivity index is 3.01. The highest BCUT2D eigenvalue weighted by atomic mass is 16.4. The minimum absolute atomic E-state index is 0.158. The molecule has 1 aromatic rings. The molecule has 0 bridgehead atoms. The summed E-state index contributed by atoms with van der Waals surface area (Å²) in [4.78, 5) is 12.4. The van der Waals surface area contributed by atoms with E-state index in [1.165, 1.54) is 0 Å². The number of rotatable bonds is 5. The van der Waals surface area contributed by atoms with Gasteiger partial charge in [0.05, 0.1) is 6.07 Å². The number of aliphatic carboxylic acids is 1. The van der Waals surface area contributed by atoms with E-state index in [-0.39, 0.29) is 6.54 Å². The van der Waals surface area contributed by atoms with Crippen LogP contribution in [0.4, 0.5) is 5.69 Å². The van der Waals surface area contributed by atoms with Gasteiger partial charge in [-0.2, -0.15) is 5.26 Å². The number of anilines is 1. The van der Waals surface area contributed by atoms with Crippen LogP contribution in [0.15, 0.2) is 24.3 Å². The molecular weight excluding hydrogens is 216 g/mol. The van der Waals surface area contributed by atoms with Crippen LogP contribution < -0.4 is 4.90 Å². The molecule has 0 aliphatic rings. The van der Waals surface area contributed by atoms with E-state index in [0.29, 0.717) is 6.42 Å². The molecule has 0 heterocycles. The molecule has 4 heteroatoms. The lowest BCUT2D eigenvalue weighted by Crippen LogP contribution is -2.38. The molecule has 0 spiro atoms. The highest BCUT2D eigenvalue weighted by Gasteiger charge is 2.19. The third-order valence-electron chi connectivity index (χ3n) is 2.58. The molecule has 1 aromatic carbocycles. The highest BCUT2D eigenvalue weighted by Crippen LogP contribution is 2.18. The summed E-state index contributed by atoms with van der Waals surface area (Å²) < 4.78 is 0. The Labute approximate surface area is 101 Å². The van der Waals surface area contributed by atoms with E-state index in [4.69, 9.17) is 10.4 Å². The average molecular weight is 232 g/mol. The van der Waals surface area contributed by atoms with Gasteiger partial charge >= 0.3 is 5.97 Å². The lowest BCUT2D eigenvalue weighted by atomic mass is 10.1. The average Bonchev–Trinajstić information content (AvgIpc) is 2.30.